The van der Waals surface area contributed by atoms with Crippen LogP contribution in [0, 0.1) is 11.8 Å². The lowest BCUT2D eigenvalue weighted by atomic mass is 10.2. The zero-order valence-corrected chi connectivity index (χ0v) is 6.97. The van der Waals surface area contributed by atoms with Crippen molar-refractivity contribution in [1.29, 1.82) is 0 Å². The van der Waals surface area contributed by atoms with Crippen LogP contribution < -0.4 is 0 Å². The standard InChI is InChI=1S/C9H7ClO2/c10-8-4-3-7(2-1-5-11)9(12)6-8/h3-4,6,11-12H,5H2. The maximum atomic E-state index is 9.25. The number of aliphatic hydroxyl groups is 1. The Morgan fingerprint density at radius 2 is 2.17 bits per heavy atom. The van der Waals surface area contributed by atoms with Gasteiger partial charge < -0.3 is 10.2 Å². The lowest BCUT2D eigenvalue weighted by Crippen LogP contribution is -1.78. The van der Waals surface area contributed by atoms with E-state index in [4.69, 9.17) is 16.7 Å². The summed E-state index contributed by atoms with van der Waals surface area (Å²) < 4.78 is 0. The number of hydrogen-bond donors (Lipinski definition) is 2. The second-order valence-corrected chi connectivity index (χ2v) is 2.56. The summed E-state index contributed by atoms with van der Waals surface area (Å²) in [5.41, 5.74) is 0.466. The maximum Gasteiger partial charge on any atom is 0.132 e. The van der Waals surface area contributed by atoms with Crippen LogP contribution in [0.25, 0.3) is 0 Å². The van der Waals surface area contributed by atoms with Crippen LogP contribution in [0.1, 0.15) is 5.56 Å². The first kappa shape index (κ1) is 8.92. The average Bonchev–Trinajstić information content (AvgIpc) is 2.03. The van der Waals surface area contributed by atoms with Crippen molar-refractivity contribution in [2.45, 2.75) is 0 Å². The van der Waals surface area contributed by atoms with Crippen LogP contribution >= 0.6 is 11.6 Å². The number of aromatic hydroxyl groups is 1. The van der Waals surface area contributed by atoms with E-state index in [2.05, 4.69) is 11.8 Å². The second kappa shape index (κ2) is 4.01. The Bertz CT molecular complexity index is 336. The van der Waals surface area contributed by atoms with Crippen LogP contribution in [0.15, 0.2) is 18.2 Å². The molecule has 3 heteroatoms. The highest BCUT2D eigenvalue weighted by molar-refractivity contribution is 6.30. The molecule has 0 aromatic heterocycles. The average molecular weight is 183 g/mol. The topological polar surface area (TPSA) is 40.5 Å². The Morgan fingerprint density at radius 1 is 1.42 bits per heavy atom. The van der Waals surface area contributed by atoms with E-state index in [1.165, 1.54) is 6.07 Å². The highest BCUT2D eigenvalue weighted by Crippen LogP contribution is 2.20. The third-order valence-electron chi connectivity index (χ3n) is 1.26. The van der Waals surface area contributed by atoms with Crippen molar-refractivity contribution in [3.63, 3.8) is 0 Å². The van der Waals surface area contributed by atoms with Gasteiger partial charge in [0.15, 0.2) is 0 Å². The number of phenolic OH excluding ortho intramolecular Hbond substituents is 1. The number of benzene rings is 1. The van der Waals surface area contributed by atoms with Crippen molar-refractivity contribution < 1.29 is 10.2 Å². The molecule has 0 heterocycles. The van der Waals surface area contributed by atoms with Crippen LogP contribution in [-0.2, 0) is 0 Å². The molecule has 0 amide bonds. The van der Waals surface area contributed by atoms with Crippen LogP contribution in [0.3, 0.4) is 0 Å². The van der Waals surface area contributed by atoms with Gasteiger partial charge in [-0.3, -0.25) is 0 Å². The van der Waals surface area contributed by atoms with E-state index in [1.54, 1.807) is 12.1 Å². The van der Waals surface area contributed by atoms with Crippen LogP contribution in [0.5, 0.6) is 5.75 Å². The molecule has 0 aliphatic rings. The molecule has 1 aromatic carbocycles. The molecular weight excluding hydrogens is 176 g/mol. The van der Waals surface area contributed by atoms with Gasteiger partial charge in [0.05, 0.1) is 5.56 Å². The van der Waals surface area contributed by atoms with Crippen LogP contribution in [-0.4, -0.2) is 16.8 Å². The van der Waals surface area contributed by atoms with E-state index in [-0.39, 0.29) is 12.4 Å². The van der Waals surface area contributed by atoms with Crippen molar-refractivity contribution in [2.75, 3.05) is 6.61 Å². The summed E-state index contributed by atoms with van der Waals surface area (Å²) in [4.78, 5) is 0. The summed E-state index contributed by atoms with van der Waals surface area (Å²) >= 11 is 5.59. The van der Waals surface area contributed by atoms with Gasteiger partial charge in [-0.25, -0.2) is 0 Å². The zero-order valence-electron chi connectivity index (χ0n) is 6.21. The highest BCUT2D eigenvalue weighted by Gasteiger charge is 1.96. The normalized spacial score (nSPS) is 8.83. The minimum Gasteiger partial charge on any atom is -0.507 e. The quantitative estimate of drug-likeness (QED) is 0.596. The molecule has 1 rings (SSSR count). The number of rotatable bonds is 0. The molecule has 1 aromatic rings. The molecule has 0 bridgehead atoms. The van der Waals surface area contributed by atoms with Gasteiger partial charge in [0.25, 0.3) is 0 Å². The first-order valence-corrected chi connectivity index (χ1v) is 3.70. The van der Waals surface area contributed by atoms with Crippen molar-refractivity contribution >= 4 is 11.6 Å². The molecule has 62 valence electrons. The van der Waals surface area contributed by atoms with Crippen LogP contribution in [0.2, 0.25) is 5.02 Å². The van der Waals surface area contributed by atoms with Crippen LogP contribution in [0.4, 0.5) is 0 Å². The van der Waals surface area contributed by atoms with E-state index in [9.17, 15) is 5.11 Å². The fraction of sp³-hybridized carbons (Fsp3) is 0.111. The summed E-state index contributed by atoms with van der Waals surface area (Å²) in [7, 11) is 0. The Hall–Kier alpha value is -1.17. The molecule has 12 heavy (non-hydrogen) atoms. The molecule has 0 saturated carbocycles. The van der Waals surface area contributed by atoms with Gasteiger partial charge in [-0.2, -0.15) is 0 Å². The van der Waals surface area contributed by atoms with Gasteiger partial charge in [0, 0.05) is 5.02 Å². The minimum atomic E-state index is -0.220. The summed E-state index contributed by atoms with van der Waals surface area (Å²) in [6.07, 6.45) is 0. The van der Waals surface area contributed by atoms with Gasteiger partial charge in [-0.15, -0.1) is 0 Å². The van der Waals surface area contributed by atoms with Crippen molar-refractivity contribution in [1.82, 2.24) is 0 Å². The Kier molecular flexibility index (Phi) is 2.98. The highest BCUT2D eigenvalue weighted by atomic mass is 35.5. The molecule has 0 radical (unpaired) electrons. The van der Waals surface area contributed by atoms with Gasteiger partial charge in [-0.05, 0) is 18.2 Å². The zero-order chi connectivity index (χ0) is 8.97. The van der Waals surface area contributed by atoms with Crippen molar-refractivity contribution in [2.24, 2.45) is 0 Å². The number of halogens is 1. The molecule has 0 aliphatic carbocycles. The number of aliphatic hydroxyl groups excluding tert-OH is 1. The third-order valence-corrected chi connectivity index (χ3v) is 1.50. The Balaban J connectivity index is 3.01. The molecule has 0 fully saturated rings. The van der Waals surface area contributed by atoms with E-state index >= 15 is 0 Å². The van der Waals surface area contributed by atoms with Gasteiger partial charge in [0.2, 0.25) is 0 Å². The summed E-state index contributed by atoms with van der Waals surface area (Å²) in [5.74, 6) is 5.04. The Morgan fingerprint density at radius 3 is 2.75 bits per heavy atom. The summed E-state index contributed by atoms with van der Waals surface area (Å²) in [6.45, 7) is -0.220. The summed E-state index contributed by atoms with van der Waals surface area (Å²) in [6, 6.07) is 4.63. The number of hydrogen-bond acceptors (Lipinski definition) is 2. The van der Waals surface area contributed by atoms with Crippen molar-refractivity contribution in [3.05, 3.63) is 28.8 Å². The first-order valence-electron chi connectivity index (χ1n) is 3.32. The molecule has 0 aliphatic heterocycles. The van der Waals surface area contributed by atoms with E-state index in [0.717, 1.165) is 0 Å². The van der Waals surface area contributed by atoms with E-state index < -0.39 is 0 Å². The van der Waals surface area contributed by atoms with Crippen molar-refractivity contribution in [3.8, 4) is 17.6 Å². The SMILES string of the molecule is OCC#Cc1ccc(Cl)cc1O. The monoisotopic (exact) mass is 182 g/mol. The predicted molar refractivity (Wildman–Crippen MR) is 47.1 cm³/mol. The fourth-order valence-corrected chi connectivity index (χ4v) is 0.912. The van der Waals surface area contributed by atoms with Gasteiger partial charge >= 0.3 is 0 Å². The van der Waals surface area contributed by atoms with Gasteiger partial charge in [-0.1, -0.05) is 23.4 Å². The molecule has 0 saturated heterocycles. The maximum absolute atomic E-state index is 9.25. The minimum absolute atomic E-state index is 0.0310. The molecule has 2 N–H and O–H groups in total. The molecule has 0 atom stereocenters. The Labute approximate surface area is 75.4 Å². The van der Waals surface area contributed by atoms with E-state index in [1.807, 2.05) is 0 Å². The second-order valence-electron chi connectivity index (χ2n) is 2.12. The summed E-state index contributed by atoms with van der Waals surface area (Å²) in [5, 5.41) is 18.1. The lowest BCUT2D eigenvalue weighted by Gasteiger charge is -1.95. The molecule has 0 spiro atoms. The molecule has 2 nitrogen and oxygen atoms in total. The number of phenols is 1. The molecular formula is C9H7ClO2. The first-order chi connectivity index (χ1) is 5.74. The predicted octanol–water partition coefficient (Wildman–Crippen LogP) is 1.39. The molecule has 0 unspecified atom stereocenters. The van der Waals surface area contributed by atoms with E-state index in [0.29, 0.717) is 10.6 Å². The lowest BCUT2D eigenvalue weighted by molar-refractivity contribution is 0.350. The third kappa shape index (κ3) is 2.16. The fourth-order valence-electron chi connectivity index (χ4n) is 0.745. The largest absolute Gasteiger partial charge is 0.507 e. The van der Waals surface area contributed by atoms with Gasteiger partial charge in [0.1, 0.15) is 12.4 Å². The smallest absolute Gasteiger partial charge is 0.132 e.